The van der Waals surface area contributed by atoms with Crippen molar-refractivity contribution in [3.8, 4) is 0 Å². The summed E-state index contributed by atoms with van der Waals surface area (Å²) in [4.78, 5) is 22.8. The molecule has 1 atom stereocenters. The summed E-state index contributed by atoms with van der Waals surface area (Å²) in [6.07, 6.45) is 1.86. The highest BCUT2D eigenvalue weighted by Gasteiger charge is 2.28. The molecule has 2 aromatic rings. The summed E-state index contributed by atoms with van der Waals surface area (Å²) >= 11 is 0. The van der Waals surface area contributed by atoms with E-state index in [4.69, 9.17) is 0 Å². The number of rotatable bonds is 5. The molecule has 0 aliphatic carbocycles. The van der Waals surface area contributed by atoms with Crippen molar-refractivity contribution in [3.63, 3.8) is 0 Å². The SMILES string of the molecule is CCN(C(=O)c1cc(NC2CCS(=O)(=O)C2)ncn1)c1cccc(C)c1. The Bertz CT molecular complexity index is 914. The van der Waals surface area contributed by atoms with Crippen LogP contribution in [-0.4, -0.2) is 48.4 Å². The number of carbonyl (C=O) groups is 1. The maximum Gasteiger partial charge on any atom is 0.277 e. The number of carbonyl (C=O) groups excluding carboxylic acids is 1. The Morgan fingerprint density at radius 3 is 2.77 bits per heavy atom. The summed E-state index contributed by atoms with van der Waals surface area (Å²) in [6, 6.07) is 9.12. The van der Waals surface area contributed by atoms with Crippen LogP contribution in [0.2, 0.25) is 0 Å². The standard InChI is InChI=1S/C18H22N4O3S/c1-3-22(15-6-4-5-13(2)9-15)18(23)16-10-17(20-12-19-16)21-14-7-8-26(24,25)11-14/h4-6,9-10,12,14H,3,7-8,11H2,1-2H3,(H,19,20,21). The highest BCUT2D eigenvalue weighted by atomic mass is 32.2. The van der Waals surface area contributed by atoms with Crippen molar-refractivity contribution in [2.45, 2.75) is 26.3 Å². The van der Waals surface area contributed by atoms with Gasteiger partial charge in [-0.3, -0.25) is 4.79 Å². The van der Waals surface area contributed by atoms with Gasteiger partial charge in [0.1, 0.15) is 17.8 Å². The molecule has 138 valence electrons. The van der Waals surface area contributed by atoms with Gasteiger partial charge in [-0.05, 0) is 38.0 Å². The molecular formula is C18H22N4O3S. The highest BCUT2D eigenvalue weighted by Crippen LogP contribution is 2.20. The van der Waals surface area contributed by atoms with Gasteiger partial charge in [0, 0.05) is 24.3 Å². The third-order valence-electron chi connectivity index (χ3n) is 4.35. The predicted molar refractivity (Wildman–Crippen MR) is 101 cm³/mol. The quantitative estimate of drug-likeness (QED) is 0.861. The van der Waals surface area contributed by atoms with Gasteiger partial charge in [0.05, 0.1) is 11.5 Å². The van der Waals surface area contributed by atoms with Crippen LogP contribution in [0.5, 0.6) is 0 Å². The van der Waals surface area contributed by atoms with Crippen LogP contribution in [0, 0.1) is 6.92 Å². The van der Waals surface area contributed by atoms with E-state index in [2.05, 4.69) is 15.3 Å². The second-order valence-corrected chi connectivity index (χ2v) is 8.65. The number of amides is 1. The Balaban J connectivity index is 1.79. The number of anilines is 2. The zero-order valence-corrected chi connectivity index (χ0v) is 15.7. The van der Waals surface area contributed by atoms with Crippen molar-refractivity contribution in [1.82, 2.24) is 9.97 Å². The zero-order valence-electron chi connectivity index (χ0n) is 14.8. The molecule has 1 N–H and O–H groups in total. The van der Waals surface area contributed by atoms with Gasteiger partial charge in [-0.2, -0.15) is 0 Å². The maximum atomic E-state index is 12.9. The number of hydrogen-bond acceptors (Lipinski definition) is 6. The minimum atomic E-state index is -2.98. The van der Waals surface area contributed by atoms with Crippen LogP contribution in [-0.2, 0) is 9.84 Å². The Labute approximate surface area is 153 Å². The van der Waals surface area contributed by atoms with Crippen LogP contribution in [0.4, 0.5) is 11.5 Å². The predicted octanol–water partition coefficient (Wildman–Crippen LogP) is 2.05. The van der Waals surface area contributed by atoms with Crippen molar-refractivity contribution in [3.05, 3.63) is 47.9 Å². The van der Waals surface area contributed by atoms with Gasteiger partial charge in [0.25, 0.3) is 5.91 Å². The molecule has 0 spiro atoms. The molecule has 8 heteroatoms. The lowest BCUT2D eigenvalue weighted by molar-refractivity contribution is 0.0983. The van der Waals surface area contributed by atoms with E-state index in [1.54, 1.807) is 11.0 Å². The maximum absolute atomic E-state index is 12.9. The second-order valence-electron chi connectivity index (χ2n) is 6.42. The summed E-state index contributed by atoms with van der Waals surface area (Å²) < 4.78 is 23.2. The molecule has 2 heterocycles. The lowest BCUT2D eigenvalue weighted by Crippen LogP contribution is -2.31. The van der Waals surface area contributed by atoms with Crippen molar-refractivity contribution >= 4 is 27.2 Å². The number of nitrogens with zero attached hydrogens (tertiary/aromatic N) is 3. The molecule has 3 rings (SSSR count). The molecule has 1 unspecified atom stereocenters. The summed E-state index contributed by atoms with van der Waals surface area (Å²) in [5.74, 6) is 0.511. The fourth-order valence-corrected chi connectivity index (χ4v) is 4.72. The van der Waals surface area contributed by atoms with E-state index in [9.17, 15) is 13.2 Å². The lowest BCUT2D eigenvalue weighted by Gasteiger charge is -2.21. The van der Waals surface area contributed by atoms with Crippen molar-refractivity contribution in [2.75, 3.05) is 28.3 Å². The molecule has 1 aromatic heterocycles. The smallest absolute Gasteiger partial charge is 0.277 e. The minimum Gasteiger partial charge on any atom is -0.366 e. The Hall–Kier alpha value is -2.48. The van der Waals surface area contributed by atoms with Gasteiger partial charge >= 0.3 is 0 Å². The number of benzene rings is 1. The molecule has 1 aliphatic heterocycles. The topological polar surface area (TPSA) is 92.3 Å². The molecule has 1 aliphatic rings. The molecule has 7 nitrogen and oxygen atoms in total. The van der Waals surface area contributed by atoms with Gasteiger partial charge in [-0.25, -0.2) is 18.4 Å². The minimum absolute atomic E-state index is 0.0880. The number of nitrogens with one attached hydrogen (secondary N) is 1. The van der Waals surface area contributed by atoms with Crippen LogP contribution in [0.1, 0.15) is 29.4 Å². The number of aryl methyl sites for hydroxylation is 1. The lowest BCUT2D eigenvalue weighted by atomic mass is 10.2. The van der Waals surface area contributed by atoms with Gasteiger partial charge < -0.3 is 10.2 Å². The van der Waals surface area contributed by atoms with E-state index in [-0.39, 0.29) is 29.1 Å². The normalized spacial score (nSPS) is 18.5. The zero-order chi connectivity index (χ0) is 18.7. The second kappa shape index (κ2) is 7.41. The molecule has 1 fully saturated rings. The summed E-state index contributed by atoms with van der Waals surface area (Å²) in [7, 11) is -2.98. The Kier molecular flexibility index (Phi) is 5.22. The Morgan fingerprint density at radius 2 is 2.12 bits per heavy atom. The van der Waals surface area contributed by atoms with E-state index in [1.807, 2.05) is 38.1 Å². The number of hydrogen-bond donors (Lipinski definition) is 1. The molecule has 0 bridgehead atoms. The van der Waals surface area contributed by atoms with Crippen molar-refractivity contribution in [2.24, 2.45) is 0 Å². The van der Waals surface area contributed by atoms with E-state index < -0.39 is 9.84 Å². The molecule has 26 heavy (non-hydrogen) atoms. The van der Waals surface area contributed by atoms with Gasteiger partial charge in [-0.15, -0.1) is 0 Å². The average molecular weight is 374 g/mol. The summed E-state index contributed by atoms with van der Waals surface area (Å²) in [5, 5.41) is 3.10. The van der Waals surface area contributed by atoms with E-state index in [1.165, 1.54) is 6.33 Å². The van der Waals surface area contributed by atoms with Crippen LogP contribution in [0.25, 0.3) is 0 Å². The summed E-state index contributed by atoms with van der Waals surface area (Å²) in [5.41, 5.74) is 2.15. The fourth-order valence-electron chi connectivity index (χ4n) is 3.05. The van der Waals surface area contributed by atoms with Crippen molar-refractivity contribution in [1.29, 1.82) is 0 Å². The fraction of sp³-hybridized carbons (Fsp3) is 0.389. The first-order chi connectivity index (χ1) is 12.4. The number of aromatic nitrogens is 2. The van der Waals surface area contributed by atoms with Crippen LogP contribution >= 0.6 is 0 Å². The van der Waals surface area contributed by atoms with Crippen LogP contribution in [0.15, 0.2) is 36.7 Å². The highest BCUT2D eigenvalue weighted by molar-refractivity contribution is 7.91. The van der Waals surface area contributed by atoms with Crippen LogP contribution < -0.4 is 10.2 Å². The monoisotopic (exact) mass is 374 g/mol. The Morgan fingerprint density at radius 1 is 1.31 bits per heavy atom. The molecule has 0 radical (unpaired) electrons. The molecule has 1 aromatic carbocycles. The van der Waals surface area contributed by atoms with Gasteiger partial charge in [-0.1, -0.05) is 12.1 Å². The first-order valence-electron chi connectivity index (χ1n) is 8.55. The molecular weight excluding hydrogens is 352 g/mol. The van der Waals surface area contributed by atoms with Crippen molar-refractivity contribution < 1.29 is 13.2 Å². The van der Waals surface area contributed by atoms with E-state index >= 15 is 0 Å². The summed E-state index contributed by atoms with van der Waals surface area (Å²) in [6.45, 7) is 4.39. The molecule has 0 saturated carbocycles. The molecule has 1 amide bonds. The largest absolute Gasteiger partial charge is 0.366 e. The van der Waals surface area contributed by atoms with Crippen LogP contribution in [0.3, 0.4) is 0 Å². The first kappa shape index (κ1) is 18.3. The van der Waals surface area contributed by atoms with E-state index in [0.717, 1.165) is 11.3 Å². The van der Waals surface area contributed by atoms with E-state index in [0.29, 0.717) is 18.8 Å². The molecule has 1 saturated heterocycles. The average Bonchev–Trinajstić information content (AvgIpc) is 2.94. The van der Waals surface area contributed by atoms with Gasteiger partial charge in [0.15, 0.2) is 9.84 Å². The third-order valence-corrected chi connectivity index (χ3v) is 6.11. The van der Waals surface area contributed by atoms with Gasteiger partial charge in [0.2, 0.25) is 0 Å². The third kappa shape index (κ3) is 4.19. The first-order valence-corrected chi connectivity index (χ1v) is 10.4. The number of sulfone groups is 1.